The van der Waals surface area contributed by atoms with Gasteiger partial charge in [-0.25, -0.2) is 0 Å². The van der Waals surface area contributed by atoms with E-state index < -0.39 is 0 Å². The molecular formula is C7H8. The lowest BCUT2D eigenvalue weighted by molar-refractivity contribution is 0.596. The summed E-state index contributed by atoms with van der Waals surface area (Å²) >= 11 is 0. The van der Waals surface area contributed by atoms with Crippen molar-refractivity contribution in [1.29, 1.82) is 0 Å². The molecule has 0 heteroatoms. The molecule has 0 saturated heterocycles. The van der Waals surface area contributed by atoms with Crippen molar-refractivity contribution in [3.05, 3.63) is 11.6 Å². The summed E-state index contributed by atoms with van der Waals surface area (Å²) in [5.41, 5.74) is 1.82. The van der Waals surface area contributed by atoms with Crippen LogP contribution in [0.1, 0.15) is 12.8 Å². The molecule has 0 radical (unpaired) electrons. The normalized spacial score (nSPS) is 60.6. The van der Waals surface area contributed by atoms with Gasteiger partial charge in [-0.05, 0) is 30.6 Å². The molecule has 0 nitrogen and oxygen atoms in total. The zero-order chi connectivity index (χ0) is 4.43. The summed E-state index contributed by atoms with van der Waals surface area (Å²) in [7, 11) is 0. The highest BCUT2D eigenvalue weighted by Gasteiger charge is 2.69. The first kappa shape index (κ1) is 2.91. The van der Waals surface area contributed by atoms with Gasteiger partial charge in [-0.15, -0.1) is 0 Å². The van der Waals surface area contributed by atoms with Gasteiger partial charge >= 0.3 is 0 Å². The first-order valence-electron chi connectivity index (χ1n) is 3.18. The Hall–Kier alpha value is -0.260. The van der Waals surface area contributed by atoms with Crippen LogP contribution in [0.3, 0.4) is 0 Å². The molecule has 7 heavy (non-hydrogen) atoms. The van der Waals surface area contributed by atoms with Gasteiger partial charge in [-0.3, -0.25) is 0 Å². The molecule has 3 aliphatic rings. The van der Waals surface area contributed by atoms with E-state index in [0.29, 0.717) is 0 Å². The maximum atomic E-state index is 2.45. The SMILES string of the molecule is C1=C2C3C(CC1)C23. The molecule has 0 heterocycles. The third kappa shape index (κ3) is 0.170. The minimum Gasteiger partial charge on any atom is -0.0847 e. The number of allylic oxidation sites excluding steroid dienone is 2. The van der Waals surface area contributed by atoms with Crippen LogP contribution in [0.25, 0.3) is 0 Å². The molecule has 0 aliphatic heterocycles. The van der Waals surface area contributed by atoms with Crippen LogP contribution in [-0.4, -0.2) is 0 Å². The Bertz CT molecular complexity index is 143. The van der Waals surface area contributed by atoms with Crippen molar-refractivity contribution in [2.24, 2.45) is 17.8 Å². The van der Waals surface area contributed by atoms with Crippen LogP contribution in [0.4, 0.5) is 0 Å². The Kier molecular flexibility index (Phi) is 0.247. The van der Waals surface area contributed by atoms with Crippen molar-refractivity contribution >= 4 is 0 Å². The summed E-state index contributed by atoms with van der Waals surface area (Å²) in [5, 5.41) is 0. The molecule has 0 N–H and O–H groups in total. The van der Waals surface area contributed by atoms with Crippen LogP contribution in [-0.2, 0) is 0 Å². The Labute approximate surface area is 43.2 Å². The Morgan fingerprint density at radius 1 is 1.43 bits per heavy atom. The predicted octanol–water partition coefficient (Wildman–Crippen LogP) is 1.58. The standard InChI is InChI=1S/C7H8/c1-2-4-6-5(3-1)7(4)6/h2,5-7H,1,3H2. The Balaban J connectivity index is 2.18. The minimum atomic E-state index is 1.15. The van der Waals surface area contributed by atoms with E-state index in [0.717, 1.165) is 11.8 Å². The van der Waals surface area contributed by atoms with E-state index in [2.05, 4.69) is 6.08 Å². The second kappa shape index (κ2) is 0.594. The summed E-state index contributed by atoms with van der Waals surface area (Å²) in [6.07, 6.45) is 5.36. The molecule has 2 saturated carbocycles. The fraction of sp³-hybridized carbons (Fsp3) is 0.714. The van der Waals surface area contributed by atoms with Gasteiger partial charge in [-0.2, -0.15) is 0 Å². The van der Waals surface area contributed by atoms with Crippen LogP contribution in [0, 0.1) is 17.8 Å². The van der Waals surface area contributed by atoms with Crippen LogP contribution in [0.2, 0.25) is 0 Å². The highest BCUT2D eigenvalue weighted by molar-refractivity contribution is 5.47. The summed E-state index contributed by atoms with van der Waals surface area (Å²) in [4.78, 5) is 0. The molecule has 3 rings (SSSR count). The molecule has 36 valence electrons. The average Bonchev–Trinajstić information content (AvgIpc) is 2.53. The van der Waals surface area contributed by atoms with Gasteiger partial charge < -0.3 is 0 Å². The smallest absolute Gasteiger partial charge is 0.00971 e. The summed E-state index contributed by atoms with van der Waals surface area (Å²) < 4.78 is 0. The Morgan fingerprint density at radius 2 is 2.29 bits per heavy atom. The molecular weight excluding hydrogens is 84.1 g/mol. The first-order valence-corrected chi connectivity index (χ1v) is 3.18. The van der Waals surface area contributed by atoms with Crippen LogP contribution in [0.5, 0.6) is 0 Å². The summed E-state index contributed by atoms with van der Waals surface area (Å²) in [5.74, 6) is 3.49. The van der Waals surface area contributed by atoms with Crippen LogP contribution < -0.4 is 0 Å². The van der Waals surface area contributed by atoms with Gasteiger partial charge in [0.05, 0.1) is 0 Å². The average molecular weight is 92.1 g/mol. The fourth-order valence-electron chi connectivity index (χ4n) is 2.15. The van der Waals surface area contributed by atoms with Crippen molar-refractivity contribution in [3.63, 3.8) is 0 Å². The topological polar surface area (TPSA) is 0 Å². The third-order valence-electron chi connectivity index (χ3n) is 2.71. The largest absolute Gasteiger partial charge is 0.0847 e. The molecule has 2 fully saturated rings. The van der Waals surface area contributed by atoms with Crippen molar-refractivity contribution < 1.29 is 0 Å². The van der Waals surface area contributed by atoms with Crippen molar-refractivity contribution in [3.8, 4) is 0 Å². The second-order valence-electron chi connectivity index (χ2n) is 3.00. The molecule has 0 amide bonds. The lowest BCUT2D eigenvalue weighted by atomic mass is 9.97. The Morgan fingerprint density at radius 3 is 2.57 bits per heavy atom. The lowest BCUT2D eigenvalue weighted by Gasteiger charge is -2.08. The molecule has 0 spiro atoms. The zero-order valence-corrected chi connectivity index (χ0v) is 4.22. The van der Waals surface area contributed by atoms with Gasteiger partial charge in [0, 0.05) is 0 Å². The van der Waals surface area contributed by atoms with E-state index in [1.807, 2.05) is 5.57 Å². The molecule has 0 bridgehead atoms. The maximum Gasteiger partial charge on any atom is -0.00971 e. The van der Waals surface area contributed by atoms with Gasteiger partial charge in [0.1, 0.15) is 0 Å². The first-order chi connectivity index (χ1) is 3.48. The van der Waals surface area contributed by atoms with E-state index in [1.165, 1.54) is 18.8 Å². The molecule has 0 aromatic rings. The number of hydrogen-bond donors (Lipinski definition) is 0. The molecule has 2 unspecified atom stereocenters. The van der Waals surface area contributed by atoms with E-state index in [-0.39, 0.29) is 0 Å². The molecule has 3 aliphatic carbocycles. The third-order valence-corrected chi connectivity index (χ3v) is 2.71. The monoisotopic (exact) mass is 92.1 g/mol. The molecule has 0 aromatic carbocycles. The highest BCUT2D eigenvalue weighted by Crippen LogP contribution is 2.76. The summed E-state index contributed by atoms with van der Waals surface area (Å²) in [6.45, 7) is 0. The van der Waals surface area contributed by atoms with Gasteiger partial charge in [0.2, 0.25) is 0 Å². The van der Waals surface area contributed by atoms with Gasteiger partial charge in [0.15, 0.2) is 0 Å². The molecule has 0 aromatic heterocycles. The number of hydrogen-bond acceptors (Lipinski definition) is 0. The quantitative estimate of drug-likeness (QED) is 0.398. The predicted molar refractivity (Wildman–Crippen MR) is 27.8 cm³/mol. The minimum absolute atomic E-state index is 1.15. The van der Waals surface area contributed by atoms with Crippen molar-refractivity contribution in [1.82, 2.24) is 0 Å². The van der Waals surface area contributed by atoms with Gasteiger partial charge in [-0.1, -0.05) is 11.6 Å². The highest BCUT2D eigenvalue weighted by atomic mass is 14.7. The van der Waals surface area contributed by atoms with Crippen LogP contribution >= 0.6 is 0 Å². The van der Waals surface area contributed by atoms with E-state index in [4.69, 9.17) is 0 Å². The van der Waals surface area contributed by atoms with Crippen molar-refractivity contribution in [2.45, 2.75) is 12.8 Å². The van der Waals surface area contributed by atoms with Crippen molar-refractivity contribution in [2.75, 3.05) is 0 Å². The molecule has 2 atom stereocenters. The van der Waals surface area contributed by atoms with Crippen LogP contribution in [0.15, 0.2) is 11.6 Å². The zero-order valence-electron chi connectivity index (χ0n) is 4.22. The number of rotatable bonds is 0. The van der Waals surface area contributed by atoms with E-state index >= 15 is 0 Å². The fourth-order valence-corrected chi connectivity index (χ4v) is 2.15. The van der Waals surface area contributed by atoms with Gasteiger partial charge in [0.25, 0.3) is 0 Å². The summed E-state index contributed by atoms with van der Waals surface area (Å²) in [6, 6.07) is 0. The maximum absolute atomic E-state index is 2.45. The lowest BCUT2D eigenvalue weighted by Crippen LogP contribution is -1.95. The second-order valence-corrected chi connectivity index (χ2v) is 3.00. The van der Waals surface area contributed by atoms with E-state index in [9.17, 15) is 0 Å². The van der Waals surface area contributed by atoms with E-state index in [1.54, 1.807) is 0 Å². The number of fused-ring (bicyclic) bond motifs is 2.